The third-order valence-electron chi connectivity index (χ3n) is 2.80. The number of hydrogen-bond donors (Lipinski definition) is 1. The van der Waals surface area contributed by atoms with E-state index in [1.54, 1.807) is 32.4 Å². The topological polar surface area (TPSA) is 53.7 Å². The van der Waals surface area contributed by atoms with Crippen LogP contribution in [0.1, 0.15) is 5.56 Å². The van der Waals surface area contributed by atoms with E-state index in [1.165, 1.54) is 0 Å². The maximum Gasteiger partial charge on any atom is 0.161 e. The predicted molar refractivity (Wildman–Crippen MR) is 79.7 cm³/mol. The van der Waals surface area contributed by atoms with Crippen LogP contribution in [-0.2, 0) is 6.61 Å². The number of rotatable bonds is 5. The first-order valence-corrected chi connectivity index (χ1v) is 6.40. The summed E-state index contributed by atoms with van der Waals surface area (Å²) in [6, 6.07) is 10.7. The normalized spacial score (nSPS) is 10.2. The fourth-order valence-electron chi connectivity index (χ4n) is 1.76. The molecule has 20 heavy (non-hydrogen) atoms. The first kappa shape index (κ1) is 14.3. The average molecular weight is 294 g/mol. The lowest BCUT2D eigenvalue weighted by molar-refractivity contribution is 0.304. The van der Waals surface area contributed by atoms with Gasteiger partial charge in [0.1, 0.15) is 12.4 Å². The molecule has 0 unspecified atom stereocenters. The summed E-state index contributed by atoms with van der Waals surface area (Å²) < 4.78 is 16.1. The summed E-state index contributed by atoms with van der Waals surface area (Å²) in [5.74, 6) is 1.90. The molecule has 0 radical (unpaired) electrons. The standard InChI is InChI=1S/C15H16ClNO3/c1-18-13-6-3-10(7-15(13)19-2)9-20-14-8-11(17)4-5-12(14)16/h3-8H,9,17H2,1-2H3. The lowest BCUT2D eigenvalue weighted by Crippen LogP contribution is -1.98. The van der Waals surface area contributed by atoms with E-state index in [9.17, 15) is 0 Å². The highest BCUT2D eigenvalue weighted by molar-refractivity contribution is 6.32. The Morgan fingerprint density at radius 3 is 2.40 bits per heavy atom. The summed E-state index contributed by atoms with van der Waals surface area (Å²) in [6.45, 7) is 0.365. The van der Waals surface area contributed by atoms with E-state index in [2.05, 4.69) is 0 Å². The van der Waals surface area contributed by atoms with Gasteiger partial charge in [-0.1, -0.05) is 17.7 Å². The first-order valence-electron chi connectivity index (χ1n) is 6.02. The van der Waals surface area contributed by atoms with E-state index >= 15 is 0 Å². The number of benzene rings is 2. The van der Waals surface area contributed by atoms with Gasteiger partial charge in [-0.3, -0.25) is 0 Å². The zero-order chi connectivity index (χ0) is 14.5. The van der Waals surface area contributed by atoms with Gasteiger partial charge in [0.05, 0.1) is 19.2 Å². The third kappa shape index (κ3) is 3.27. The monoisotopic (exact) mass is 293 g/mol. The van der Waals surface area contributed by atoms with Crippen molar-refractivity contribution in [3.63, 3.8) is 0 Å². The predicted octanol–water partition coefficient (Wildman–Crippen LogP) is 3.52. The largest absolute Gasteiger partial charge is 0.493 e. The Morgan fingerprint density at radius 1 is 0.950 bits per heavy atom. The molecule has 106 valence electrons. The number of hydrogen-bond acceptors (Lipinski definition) is 4. The first-order chi connectivity index (χ1) is 9.63. The van der Waals surface area contributed by atoms with Crippen molar-refractivity contribution in [1.29, 1.82) is 0 Å². The molecule has 0 spiro atoms. The van der Waals surface area contributed by atoms with Crippen molar-refractivity contribution in [2.75, 3.05) is 20.0 Å². The molecule has 0 saturated carbocycles. The highest BCUT2D eigenvalue weighted by Gasteiger charge is 2.06. The minimum Gasteiger partial charge on any atom is -0.493 e. The summed E-state index contributed by atoms with van der Waals surface area (Å²) in [6.07, 6.45) is 0. The molecule has 0 saturated heterocycles. The quantitative estimate of drug-likeness (QED) is 0.857. The molecule has 0 fully saturated rings. The van der Waals surface area contributed by atoms with Crippen LogP contribution >= 0.6 is 11.6 Å². The zero-order valence-electron chi connectivity index (χ0n) is 11.4. The van der Waals surface area contributed by atoms with Gasteiger partial charge in [0.15, 0.2) is 11.5 Å². The summed E-state index contributed by atoms with van der Waals surface area (Å²) in [5.41, 5.74) is 7.26. The van der Waals surface area contributed by atoms with E-state index in [4.69, 9.17) is 31.5 Å². The summed E-state index contributed by atoms with van der Waals surface area (Å²) >= 11 is 6.04. The molecule has 0 atom stereocenters. The highest BCUT2D eigenvalue weighted by Crippen LogP contribution is 2.30. The maximum absolute atomic E-state index is 6.04. The molecule has 2 rings (SSSR count). The Kier molecular flexibility index (Phi) is 4.58. The SMILES string of the molecule is COc1ccc(COc2cc(N)ccc2Cl)cc1OC. The van der Waals surface area contributed by atoms with Crippen molar-refractivity contribution in [3.8, 4) is 17.2 Å². The minimum absolute atomic E-state index is 0.365. The van der Waals surface area contributed by atoms with Crippen LogP contribution in [0.2, 0.25) is 5.02 Å². The molecule has 0 heterocycles. The summed E-state index contributed by atoms with van der Waals surface area (Å²) in [5, 5.41) is 0.527. The number of methoxy groups -OCH3 is 2. The molecule has 0 amide bonds. The van der Waals surface area contributed by atoms with Gasteiger partial charge in [0.2, 0.25) is 0 Å². The molecule has 0 aliphatic rings. The van der Waals surface area contributed by atoms with E-state index in [1.807, 2.05) is 18.2 Å². The van der Waals surface area contributed by atoms with Gasteiger partial charge in [-0.05, 0) is 29.8 Å². The van der Waals surface area contributed by atoms with E-state index in [0.29, 0.717) is 34.6 Å². The molecule has 5 heteroatoms. The van der Waals surface area contributed by atoms with Crippen molar-refractivity contribution in [2.24, 2.45) is 0 Å². The fraction of sp³-hybridized carbons (Fsp3) is 0.200. The second-order valence-corrected chi connectivity index (χ2v) is 4.58. The lowest BCUT2D eigenvalue weighted by Gasteiger charge is -2.11. The van der Waals surface area contributed by atoms with Crippen LogP contribution in [0.15, 0.2) is 36.4 Å². The number of ether oxygens (including phenoxy) is 3. The van der Waals surface area contributed by atoms with Crippen LogP contribution in [0, 0.1) is 0 Å². The van der Waals surface area contributed by atoms with E-state index in [0.717, 1.165) is 5.56 Å². The number of nitrogen functional groups attached to an aromatic ring is 1. The Balaban J connectivity index is 2.12. The minimum atomic E-state index is 0.365. The molecule has 0 aliphatic heterocycles. The van der Waals surface area contributed by atoms with Crippen LogP contribution in [0.4, 0.5) is 5.69 Å². The van der Waals surface area contributed by atoms with Crippen LogP contribution < -0.4 is 19.9 Å². The maximum atomic E-state index is 6.04. The summed E-state index contributed by atoms with van der Waals surface area (Å²) in [4.78, 5) is 0. The third-order valence-corrected chi connectivity index (χ3v) is 3.11. The number of halogens is 1. The van der Waals surface area contributed by atoms with Crippen LogP contribution in [0.3, 0.4) is 0 Å². The molecular weight excluding hydrogens is 278 g/mol. The molecule has 2 aromatic carbocycles. The fourth-order valence-corrected chi connectivity index (χ4v) is 1.93. The van der Waals surface area contributed by atoms with Crippen LogP contribution in [0.5, 0.6) is 17.2 Å². The lowest BCUT2D eigenvalue weighted by atomic mass is 10.2. The second-order valence-electron chi connectivity index (χ2n) is 4.17. The zero-order valence-corrected chi connectivity index (χ0v) is 12.1. The van der Waals surface area contributed by atoms with Crippen molar-refractivity contribution < 1.29 is 14.2 Å². The van der Waals surface area contributed by atoms with Crippen molar-refractivity contribution >= 4 is 17.3 Å². The Hall–Kier alpha value is -2.07. The molecule has 2 aromatic rings. The molecular formula is C15H16ClNO3. The van der Waals surface area contributed by atoms with Crippen LogP contribution in [0.25, 0.3) is 0 Å². The average Bonchev–Trinajstić information content (AvgIpc) is 2.47. The van der Waals surface area contributed by atoms with Gasteiger partial charge in [-0.2, -0.15) is 0 Å². The van der Waals surface area contributed by atoms with E-state index < -0.39 is 0 Å². The van der Waals surface area contributed by atoms with Gasteiger partial charge in [-0.15, -0.1) is 0 Å². The van der Waals surface area contributed by atoms with Gasteiger partial charge in [0, 0.05) is 11.8 Å². The Labute approximate surface area is 123 Å². The molecule has 0 aromatic heterocycles. The van der Waals surface area contributed by atoms with Crippen LogP contribution in [-0.4, -0.2) is 14.2 Å². The highest BCUT2D eigenvalue weighted by atomic mass is 35.5. The summed E-state index contributed by atoms with van der Waals surface area (Å²) in [7, 11) is 3.19. The van der Waals surface area contributed by atoms with Gasteiger partial charge in [0.25, 0.3) is 0 Å². The molecule has 2 N–H and O–H groups in total. The van der Waals surface area contributed by atoms with Gasteiger partial charge in [-0.25, -0.2) is 0 Å². The van der Waals surface area contributed by atoms with Gasteiger partial charge >= 0.3 is 0 Å². The molecule has 0 aliphatic carbocycles. The molecule has 4 nitrogen and oxygen atoms in total. The van der Waals surface area contributed by atoms with E-state index in [-0.39, 0.29) is 0 Å². The van der Waals surface area contributed by atoms with Crippen molar-refractivity contribution in [1.82, 2.24) is 0 Å². The van der Waals surface area contributed by atoms with Gasteiger partial charge < -0.3 is 19.9 Å². The van der Waals surface area contributed by atoms with Crippen molar-refractivity contribution in [2.45, 2.75) is 6.61 Å². The second kappa shape index (κ2) is 6.39. The van der Waals surface area contributed by atoms with Crippen molar-refractivity contribution in [3.05, 3.63) is 47.0 Å². The smallest absolute Gasteiger partial charge is 0.161 e. The number of anilines is 1. The molecule has 0 bridgehead atoms. The Morgan fingerprint density at radius 2 is 1.70 bits per heavy atom. The Bertz CT molecular complexity index is 602. The number of nitrogens with two attached hydrogens (primary N) is 1.